The van der Waals surface area contributed by atoms with Gasteiger partial charge in [0.15, 0.2) is 6.40 Å². The fourth-order valence-corrected chi connectivity index (χ4v) is 0.980. The number of cyclic esters (lactones) is 1. The highest BCUT2D eigenvalue weighted by Crippen LogP contribution is 2.27. The first-order valence-corrected chi connectivity index (χ1v) is 3.33. The van der Waals surface area contributed by atoms with Crippen molar-refractivity contribution in [3.8, 4) is 0 Å². The molecule has 0 bridgehead atoms. The van der Waals surface area contributed by atoms with E-state index in [2.05, 4.69) is 9.73 Å². The molecule has 0 saturated heterocycles. The number of rotatable bonds is 1. The van der Waals surface area contributed by atoms with Crippen molar-refractivity contribution in [1.29, 1.82) is 0 Å². The van der Waals surface area contributed by atoms with Gasteiger partial charge < -0.3 is 4.74 Å². The van der Waals surface area contributed by atoms with Gasteiger partial charge in [0.05, 0.1) is 0 Å². The van der Waals surface area contributed by atoms with Gasteiger partial charge in [-0.25, -0.2) is 9.79 Å². The number of nitrogens with zero attached hydrogens (tertiary/aromatic N) is 2. The zero-order valence-corrected chi connectivity index (χ0v) is 5.49. The summed E-state index contributed by atoms with van der Waals surface area (Å²) in [5, 5.41) is 0. The van der Waals surface area contributed by atoms with E-state index in [0.29, 0.717) is 12.7 Å². The van der Waals surface area contributed by atoms with Gasteiger partial charge in [0.2, 0.25) is 0 Å². The van der Waals surface area contributed by atoms with E-state index in [0.717, 1.165) is 12.8 Å². The lowest BCUT2D eigenvalue weighted by Crippen LogP contribution is -2.36. The maximum Gasteiger partial charge on any atom is 0.417 e. The number of amides is 1. The van der Waals surface area contributed by atoms with Gasteiger partial charge >= 0.3 is 6.09 Å². The van der Waals surface area contributed by atoms with E-state index in [9.17, 15) is 4.79 Å². The number of hydrogen-bond donors (Lipinski definition) is 0. The third-order valence-electron chi connectivity index (χ3n) is 1.68. The minimum atomic E-state index is -0.252. The Morgan fingerprint density at radius 3 is 3.10 bits per heavy atom. The van der Waals surface area contributed by atoms with Crippen LogP contribution in [-0.2, 0) is 4.74 Å². The molecule has 0 spiro atoms. The van der Waals surface area contributed by atoms with Crippen LogP contribution in [0.4, 0.5) is 4.79 Å². The number of carbonyl (C=O) groups excluding carboxylic acids is 1. The third-order valence-corrected chi connectivity index (χ3v) is 1.68. The van der Waals surface area contributed by atoms with Crippen LogP contribution in [0.25, 0.3) is 0 Å². The van der Waals surface area contributed by atoms with Crippen molar-refractivity contribution >= 4 is 12.5 Å². The maximum atomic E-state index is 10.9. The fraction of sp³-hybridized carbons (Fsp3) is 0.667. The Balaban J connectivity index is 2.05. The summed E-state index contributed by atoms with van der Waals surface area (Å²) in [5.74, 6) is 0. The van der Waals surface area contributed by atoms with E-state index < -0.39 is 0 Å². The Bertz CT molecular complexity index is 186. The molecule has 0 aromatic rings. The Morgan fingerprint density at radius 1 is 1.70 bits per heavy atom. The van der Waals surface area contributed by atoms with Gasteiger partial charge in [-0.15, -0.1) is 0 Å². The molecule has 1 amide bonds. The van der Waals surface area contributed by atoms with Gasteiger partial charge in [-0.1, -0.05) is 0 Å². The first-order chi connectivity index (χ1) is 4.88. The summed E-state index contributed by atoms with van der Waals surface area (Å²) in [7, 11) is 0. The summed E-state index contributed by atoms with van der Waals surface area (Å²) in [6.07, 6.45) is 3.16. The lowest BCUT2D eigenvalue weighted by atomic mass is 10.6. The fourth-order valence-electron chi connectivity index (χ4n) is 0.980. The van der Waals surface area contributed by atoms with Gasteiger partial charge in [-0.05, 0) is 12.8 Å². The minimum Gasteiger partial charge on any atom is -0.398 e. The van der Waals surface area contributed by atoms with Crippen molar-refractivity contribution in [2.75, 3.05) is 6.67 Å². The SMILES string of the molecule is O=C1OC=NCN1C1CC1. The van der Waals surface area contributed by atoms with Crippen LogP contribution in [0.1, 0.15) is 12.8 Å². The van der Waals surface area contributed by atoms with E-state index >= 15 is 0 Å². The molecule has 0 radical (unpaired) electrons. The molecule has 1 aliphatic heterocycles. The van der Waals surface area contributed by atoms with Crippen LogP contribution in [0, 0.1) is 0 Å². The molecule has 10 heavy (non-hydrogen) atoms. The number of carbonyl (C=O) groups is 1. The predicted molar refractivity (Wildman–Crippen MR) is 34.7 cm³/mol. The second kappa shape index (κ2) is 1.97. The topological polar surface area (TPSA) is 41.9 Å². The third kappa shape index (κ3) is 0.853. The van der Waals surface area contributed by atoms with E-state index in [-0.39, 0.29) is 6.09 Å². The monoisotopic (exact) mass is 140 g/mol. The molecule has 2 rings (SSSR count). The molecule has 0 aromatic heterocycles. The Labute approximate surface area is 58.5 Å². The standard InChI is InChI=1S/C6H8N2O2/c9-6-8(5-1-2-5)3-7-4-10-6/h4-5H,1-3H2. The van der Waals surface area contributed by atoms with Gasteiger partial charge in [0, 0.05) is 6.04 Å². The van der Waals surface area contributed by atoms with Crippen LogP contribution in [-0.4, -0.2) is 30.1 Å². The van der Waals surface area contributed by atoms with Crippen LogP contribution in [0.15, 0.2) is 4.99 Å². The van der Waals surface area contributed by atoms with E-state index in [1.54, 1.807) is 4.90 Å². The number of hydrogen-bond acceptors (Lipinski definition) is 3. The second-order valence-corrected chi connectivity index (χ2v) is 2.51. The first kappa shape index (κ1) is 5.70. The predicted octanol–water partition coefficient (Wildman–Crippen LogP) is 0.587. The summed E-state index contributed by atoms with van der Waals surface area (Å²) in [6.45, 7) is 0.476. The molecule has 0 unspecified atom stereocenters. The molecule has 1 aliphatic carbocycles. The summed E-state index contributed by atoms with van der Waals surface area (Å²) in [6, 6.07) is 0.407. The first-order valence-electron chi connectivity index (χ1n) is 3.33. The summed E-state index contributed by atoms with van der Waals surface area (Å²) in [5.41, 5.74) is 0. The summed E-state index contributed by atoms with van der Waals surface area (Å²) < 4.78 is 4.59. The summed E-state index contributed by atoms with van der Waals surface area (Å²) in [4.78, 5) is 16.4. The molecule has 1 fully saturated rings. The molecule has 1 saturated carbocycles. The van der Waals surface area contributed by atoms with Crippen LogP contribution in [0.2, 0.25) is 0 Å². The Kier molecular flexibility index (Phi) is 1.12. The van der Waals surface area contributed by atoms with Crippen molar-refractivity contribution < 1.29 is 9.53 Å². The van der Waals surface area contributed by atoms with E-state index in [1.807, 2.05) is 0 Å². The molecular weight excluding hydrogens is 132 g/mol. The molecular formula is C6H8N2O2. The van der Waals surface area contributed by atoms with Crippen LogP contribution in [0.3, 0.4) is 0 Å². The van der Waals surface area contributed by atoms with Gasteiger partial charge in [-0.3, -0.25) is 4.90 Å². The van der Waals surface area contributed by atoms with Crippen molar-refractivity contribution in [2.45, 2.75) is 18.9 Å². The number of aliphatic imine (C=N–C) groups is 1. The lowest BCUT2D eigenvalue weighted by molar-refractivity contribution is 0.141. The van der Waals surface area contributed by atoms with Crippen LogP contribution < -0.4 is 0 Å². The van der Waals surface area contributed by atoms with Crippen molar-refractivity contribution in [1.82, 2.24) is 4.90 Å². The molecule has 0 atom stereocenters. The average Bonchev–Trinajstić information content (AvgIpc) is 2.71. The molecule has 1 heterocycles. The van der Waals surface area contributed by atoms with Gasteiger partial charge in [-0.2, -0.15) is 0 Å². The van der Waals surface area contributed by atoms with Crippen molar-refractivity contribution in [3.63, 3.8) is 0 Å². The molecule has 0 aromatic carbocycles. The molecule has 4 nitrogen and oxygen atoms in total. The Morgan fingerprint density at radius 2 is 2.50 bits per heavy atom. The van der Waals surface area contributed by atoms with Gasteiger partial charge in [0.25, 0.3) is 0 Å². The number of ether oxygens (including phenoxy) is 1. The lowest BCUT2D eigenvalue weighted by Gasteiger charge is -2.20. The second-order valence-electron chi connectivity index (χ2n) is 2.51. The molecule has 4 heteroatoms. The quantitative estimate of drug-likeness (QED) is 0.534. The zero-order valence-electron chi connectivity index (χ0n) is 5.49. The average molecular weight is 140 g/mol. The van der Waals surface area contributed by atoms with Crippen LogP contribution >= 0.6 is 0 Å². The highest BCUT2D eigenvalue weighted by Gasteiger charge is 2.34. The highest BCUT2D eigenvalue weighted by atomic mass is 16.6. The maximum absolute atomic E-state index is 10.9. The van der Waals surface area contributed by atoms with Gasteiger partial charge in [0.1, 0.15) is 6.67 Å². The zero-order chi connectivity index (χ0) is 6.97. The smallest absolute Gasteiger partial charge is 0.398 e. The molecule has 2 aliphatic rings. The summed E-state index contributed by atoms with van der Waals surface area (Å²) >= 11 is 0. The normalized spacial score (nSPS) is 24.8. The largest absolute Gasteiger partial charge is 0.417 e. The van der Waals surface area contributed by atoms with Crippen LogP contribution in [0.5, 0.6) is 0 Å². The Hall–Kier alpha value is -1.06. The van der Waals surface area contributed by atoms with E-state index in [1.165, 1.54) is 6.40 Å². The van der Waals surface area contributed by atoms with E-state index in [4.69, 9.17) is 0 Å². The van der Waals surface area contributed by atoms with Crippen molar-refractivity contribution in [2.24, 2.45) is 4.99 Å². The van der Waals surface area contributed by atoms with Crippen molar-refractivity contribution in [3.05, 3.63) is 0 Å². The molecule has 54 valence electrons. The molecule has 0 N–H and O–H groups in total. The highest BCUT2D eigenvalue weighted by molar-refractivity contribution is 5.78. The minimum absolute atomic E-state index is 0.252.